The van der Waals surface area contributed by atoms with Crippen LogP contribution in [0.3, 0.4) is 0 Å². The lowest BCUT2D eigenvalue weighted by Crippen LogP contribution is -2.30. The van der Waals surface area contributed by atoms with Gasteiger partial charge in [0.25, 0.3) is 0 Å². The molecule has 1 amide bonds. The van der Waals surface area contributed by atoms with Gasteiger partial charge >= 0.3 is 0 Å². The summed E-state index contributed by atoms with van der Waals surface area (Å²) in [6, 6.07) is 7.25. The maximum absolute atomic E-state index is 13.1. The van der Waals surface area contributed by atoms with Crippen molar-refractivity contribution in [2.75, 3.05) is 46.3 Å². The third-order valence-corrected chi connectivity index (χ3v) is 6.10. The molecule has 33 heavy (non-hydrogen) atoms. The summed E-state index contributed by atoms with van der Waals surface area (Å²) in [5, 5.41) is 11.3. The van der Waals surface area contributed by atoms with Crippen molar-refractivity contribution >= 4 is 39.1 Å². The highest BCUT2D eigenvalue weighted by Gasteiger charge is 2.29. The molecule has 8 nitrogen and oxygen atoms in total. The van der Waals surface area contributed by atoms with E-state index in [2.05, 4.69) is 21.2 Å². The van der Waals surface area contributed by atoms with Gasteiger partial charge in [-0.2, -0.15) is 0 Å². The summed E-state index contributed by atoms with van der Waals surface area (Å²) in [7, 11) is 6.95. The van der Waals surface area contributed by atoms with E-state index in [1.165, 1.54) is 0 Å². The standard InChI is InChI=1S/C24H29BrN4O4/c1-6-33-21-10-16-12-29(24(26)17(16)7-15(21)11-22(31)27-2)13-20(30)14-8-18(25)23(32-5)19(9-14)28(3)4/h7-10,26H,6,11-13H2,1-5H3,(H,27,31). The van der Waals surface area contributed by atoms with E-state index in [9.17, 15) is 9.59 Å². The number of likely N-dealkylation sites (N-methyl/N-ethyl adjacent to an activating group) is 1. The van der Waals surface area contributed by atoms with Crippen LogP contribution in [0.5, 0.6) is 11.5 Å². The normalized spacial score (nSPS) is 12.4. The fourth-order valence-corrected chi connectivity index (χ4v) is 4.45. The number of nitrogens with zero attached hydrogens (tertiary/aromatic N) is 2. The van der Waals surface area contributed by atoms with Crippen LogP contribution in [-0.2, 0) is 17.8 Å². The summed E-state index contributed by atoms with van der Waals surface area (Å²) in [5.41, 5.74) is 3.67. The zero-order valence-corrected chi connectivity index (χ0v) is 21.1. The van der Waals surface area contributed by atoms with Crippen LogP contribution in [0, 0.1) is 5.41 Å². The molecule has 0 atom stereocenters. The fraction of sp³-hybridized carbons (Fsp3) is 0.375. The van der Waals surface area contributed by atoms with Gasteiger partial charge in [-0.15, -0.1) is 0 Å². The first kappa shape index (κ1) is 24.6. The van der Waals surface area contributed by atoms with Gasteiger partial charge < -0.3 is 24.6 Å². The number of nitrogens with one attached hydrogen (secondary N) is 2. The number of amidine groups is 1. The van der Waals surface area contributed by atoms with Crippen molar-refractivity contribution in [1.29, 1.82) is 5.41 Å². The minimum absolute atomic E-state index is 0.0634. The number of fused-ring (bicyclic) bond motifs is 1. The molecule has 0 radical (unpaired) electrons. The van der Waals surface area contributed by atoms with Crippen molar-refractivity contribution in [3.63, 3.8) is 0 Å². The highest BCUT2D eigenvalue weighted by Crippen LogP contribution is 2.37. The number of carbonyl (C=O) groups excluding carboxylic acids is 2. The van der Waals surface area contributed by atoms with Gasteiger partial charge in [-0.1, -0.05) is 0 Å². The van der Waals surface area contributed by atoms with Gasteiger partial charge in [0.15, 0.2) is 11.5 Å². The van der Waals surface area contributed by atoms with Crippen molar-refractivity contribution in [2.45, 2.75) is 19.9 Å². The summed E-state index contributed by atoms with van der Waals surface area (Å²) in [5.74, 6) is 1.32. The van der Waals surface area contributed by atoms with Crippen LogP contribution in [0.2, 0.25) is 0 Å². The van der Waals surface area contributed by atoms with Crippen LogP contribution >= 0.6 is 15.9 Å². The van der Waals surface area contributed by atoms with E-state index >= 15 is 0 Å². The Morgan fingerprint density at radius 2 is 1.97 bits per heavy atom. The smallest absolute Gasteiger partial charge is 0.224 e. The van der Waals surface area contributed by atoms with E-state index in [4.69, 9.17) is 14.9 Å². The lowest BCUT2D eigenvalue weighted by Gasteiger charge is -2.20. The number of anilines is 1. The SMILES string of the molecule is CCOc1cc2c(cc1CC(=O)NC)C(=N)N(CC(=O)c1cc(Br)c(OC)c(N(C)C)c1)C2. The largest absolute Gasteiger partial charge is 0.494 e. The average Bonchev–Trinajstić information content (AvgIpc) is 3.07. The van der Waals surface area contributed by atoms with Crippen molar-refractivity contribution in [3.05, 3.63) is 51.0 Å². The quantitative estimate of drug-likeness (QED) is 0.496. The number of Topliss-reactive ketones (excluding diaryl/α,β-unsaturated/α-hetero) is 1. The van der Waals surface area contributed by atoms with Gasteiger partial charge in [-0.25, -0.2) is 0 Å². The van der Waals surface area contributed by atoms with Gasteiger partial charge in [0.05, 0.1) is 36.8 Å². The topological polar surface area (TPSA) is 95.0 Å². The number of ketones is 1. The number of halogens is 1. The van der Waals surface area contributed by atoms with E-state index in [1.807, 2.05) is 38.1 Å². The van der Waals surface area contributed by atoms with E-state index in [0.29, 0.717) is 34.7 Å². The molecule has 0 aromatic heterocycles. The Balaban J connectivity index is 1.86. The van der Waals surface area contributed by atoms with Crippen LogP contribution in [0.4, 0.5) is 5.69 Å². The summed E-state index contributed by atoms with van der Waals surface area (Å²) in [4.78, 5) is 28.7. The number of ether oxygens (including phenoxy) is 2. The highest BCUT2D eigenvalue weighted by molar-refractivity contribution is 9.10. The van der Waals surface area contributed by atoms with Gasteiger partial charge in [-0.05, 0) is 52.7 Å². The molecule has 1 aliphatic heterocycles. The van der Waals surface area contributed by atoms with Gasteiger partial charge in [-0.3, -0.25) is 15.0 Å². The number of hydrogen-bond donors (Lipinski definition) is 2. The third kappa shape index (κ3) is 5.13. The van der Waals surface area contributed by atoms with E-state index in [-0.39, 0.29) is 30.5 Å². The van der Waals surface area contributed by atoms with Crippen molar-refractivity contribution in [1.82, 2.24) is 10.2 Å². The Morgan fingerprint density at radius 1 is 1.24 bits per heavy atom. The third-order valence-electron chi connectivity index (χ3n) is 5.51. The Morgan fingerprint density at radius 3 is 2.58 bits per heavy atom. The Labute approximate surface area is 202 Å². The summed E-state index contributed by atoms with van der Waals surface area (Å²) in [6.07, 6.45) is 0.165. The molecule has 0 bridgehead atoms. The molecule has 0 aliphatic carbocycles. The van der Waals surface area contributed by atoms with Crippen LogP contribution in [0.15, 0.2) is 28.7 Å². The second-order valence-electron chi connectivity index (χ2n) is 7.93. The average molecular weight is 517 g/mol. The molecule has 2 N–H and O–H groups in total. The first-order valence-electron chi connectivity index (χ1n) is 10.6. The summed E-state index contributed by atoms with van der Waals surface area (Å²) < 4.78 is 11.9. The first-order valence-corrected chi connectivity index (χ1v) is 11.4. The maximum atomic E-state index is 13.1. The van der Waals surface area contributed by atoms with E-state index < -0.39 is 0 Å². The Kier molecular flexibility index (Phi) is 7.63. The molecule has 1 heterocycles. The van der Waals surface area contributed by atoms with Gasteiger partial charge in [0, 0.05) is 44.4 Å². The van der Waals surface area contributed by atoms with E-state index in [0.717, 1.165) is 22.4 Å². The molecule has 0 saturated carbocycles. The van der Waals surface area contributed by atoms with Crippen molar-refractivity contribution < 1.29 is 19.1 Å². The second-order valence-corrected chi connectivity index (χ2v) is 8.79. The van der Waals surface area contributed by atoms with Gasteiger partial charge in [0.1, 0.15) is 11.6 Å². The minimum atomic E-state index is -0.130. The lowest BCUT2D eigenvalue weighted by molar-refractivity contribution is -0.119. The molecule has 0 fully saturated rings. The minimum Gasteiger partial charge on any atom is -0.494 e. The zero-order chi connectivity index (χ0) is 24.3. The molecule has 2 aromatic carbocycles. The Bertz CT molecular complexity index is 1100. The predicted molar refractivity (Wildman–Crippen MR) is 132 cm³/mol. The van der Waals surface area contributed by atoms with E-state index in [1.54, 1.807) is 31.2 Å². The van der Waals surface area contributed by atoms with Crippen LogP contribution in [-0.4, -0.2) is 63.8 Å². The molecule has 0 spiro atoms. The summed E-state index contributed by atoms with van der Waals surface area (Å²) in [6.45, 7) is 2.85. The molecule has 0 saturated heterocycles. The number of carbonyl (C=O) groups is 2. The molecule has 2 aromatic rings. The second kappa shape index (κ2) is 10.2. The van der Waals surface area contributed by atoms with Crippen molar-refractivity contribution in [3.8, 4) is 11.5 Å². The van der Waals surface area contributed by atoms with Crippen LogP contribution in [0.25, 0.3) is 0 Å². The number of rotatable bonds is 9. The van der Waals surface area contributed by atoms with Crippen LogP contribution < -0.4 is 19.7 Å². The summed E-state index contributed by atoms with van der Waals surface area (Å²) >= 11 is 3.49. The number of benzene rings is 2. The predicted octanol–water partition coefficient (Wildman–Crippen LogP) is 3.23. The molecule has 3 rings (SSSR count). The number of amides is 1. The highest BCUT2D eigenvalue weighted by atomic mass is 79.9. The molecular formula is C24H29BrN4O4. The van der Waals surface area contributed by atoms with Crippen LogP contribution in [0.1, 0.15) is 34.0 Å². The fourth-order valence-electron chi connectivity index (χ4n) is 3.84. The molecular weight excluding hydrogens is 488 g/mol. The van der Waals surface area contributed by atoms with Gasteiger partial charge in [0.2, 0.25) is 5.91 Å². The lowest BCUT2D eigenvalue weighted by atomic mass is 10.0. The molecule has 0 unspecified atom stereocenters. The molecule has 9 heteroatoms. The monoisotopic (exact) mass is 516 g/mol. The zero-order valence-electron chi connectivity index (χ0n) is 19.5. The Hall–Kier alpha value is -3.07. The number of hydrogen-bond acceptors (Lipinski definition) is 6. The van der Waals surface area contributed by atoms with Crippen molar-refractivity contribution in [2.24, 2.45) is 0 Å². The number of methoxy groups -OCH3 is 1. The molecule has 1 aliphatic rings. The molecule has 176 valence electrons. The maximum Gasteiger partial charge on any atom is 0.224 e. The first-order chi connectivity index (χ1) is 15.7.